The molecule has 1 saturated heterocycles. The molecule has 1 aliphatic heterocycles. The van der Waals surface area contributed by atoms with E-state index in [0.717, 1.165) is 26.1 Å². The lowest BCUT2D eigenvalue weighted by molar-refractivity contribution is 0.0495. The minimum absolute atomic E-state index is 0.0729. The Bertz CT molecular complexity index is 459. The van der Waals surface area contributed by atoms with E-state index in [4.69, 9.17) is 10.5 Å². The number of nitrogens with two attached hydrogens (primary N) is 1. The fourth-order valence-electron chi connectivity index (χ4n) is 2.31. The molecule has 5 heteroatoms. The maximum atomic E-state index is 13.7. The Hall–Kier alpha value is -1.62. The molecular weight excluding hydrogens is 247 g/mol. The summed E-state index contributed by atoms with van der Waals surface area (Å²) in [5, 5.41) is 0. The number of hydrogen-bond acceptors (Lipinski definition) is 3. The van der Waals surface area contributed by atoms with Crippen molar-refractivity contribution in [1.82, 2.24) is 4.90 Å². The first-order valence-corrected chi connectivity index (χ1v) is 6.46. The van der Waals surface area contributed by atoms with Crippen LogP contribution in [0.5, 0.6) is 0 Å². The van der Waals surface area contributed by atoms with Crippen molar-refractivity contribution >= 4 is 11.6 Å². The van der Waals surface area contributed by atoms with E-state index in [1.165, 1.54) is 12.1 Å². The largest absolute Gasteiger partial charge is 0.399 e. The zero-order valence-corrected chi connectivity index (χ0v) is 11.1. The molecule has 4 nitrogen and oxygen atoms in total. The number of carbonyl (C=O) groups is 1. The Morgan fingerprint density at radius 3 is 2.79 bits per heavy atom. The van der Waals surface area contributed by atoms with Crippen LogP contribution in [0.1, 0.15) is 23.2 Å². The van der Waals surface area contributed by atoms with Crippen LogP contribution >= 0.6 is 0 Å². The number of nitrogen functional groups attached to an aromatic ring is 1. The summed E-state index contributed by atoms with van der Waals surface area (Å²) >= 11 is 0. The van der Waals surface area contributed by atoms with Gasteiger partial charge in [0.1, 0.15) is 5.82 Å². The number of nitrogens with zero attached hydrogens (tertiary/aromatic N) is 1. The number of ether oxygens (including phenoxy) is 1. The first-order valence-electron chi connectivity index (χ1n) is 6.46. The molecule has 2 rings (SSSR count). The molecule has 0 radical (unpaired) electrons. The summed E-state index contributed by atoms with van der Waals surface area (Å²) in [4.78, 5) is 13.7. The second kappa shape index (κ2) is 6.02. The molecule has 0 atom stereocenters. The van der Waals surface area contributed by atoms with Crippen LogP contribution in [0, 0.1) is 11.7 Å². The molecule has 2 N–H and O–H groups in total. The topological polar surface area (TPSA) is 55.6 Å². The smallest absolute Gasteiger partial charge is 0.256 e. The molecule has 0 saturated carbocycles. The van der Waals surface area contributed by atoms with Gasteiger partial charge in [0.05, 0.1) is 5.56 Å². The summed E-state index contributed by atoms with van der Waals surface area (Å²) in [7, 11) is 1.70. The summed E-state index contributed by atoms with van der Waals surface area (Å²) in [6.45, 7) is 2.11. The van der Waals surface area contributed by atoms with E-state index >= 15 is 0 Å². The van der Waals surface area contributed by atoms with Gasteiger partial charge in [0, 0.05) is 32.5 Å². The second-order valence-corrected chi connectivity index (χ2v) is 4.98. The van der Waals surface area contributed by atoms with Crippen LogP contribution < -0.4 is 5.73 Å². The van der Waals surface area contributed by atoms with E-state index in [-0.39, 0.29) is 11.5 Å². The standard InChI is InChI=1S/C14H19FN2O2/c1-17(9-10-4-6-19-7-5-10)14(18)12-3-2-11(16)8-13(12)15/h2-3,8,10H,4-7,9,16H2,1H3. The van der Waals surface area contributed by atoms with Gasteiger partial charge in [0.2, 0.25) is 0 Å². The second-order valence-electron chi connectivity index (χ2n) is 4.98. The van der Waals surface area contributed by atoms with Gasteiger partial charge < -0.3 is 15.4 Å². The van der Waals surface area contributed by atoms with E-state index in [0.29, 0.717) is 18.2 Å². The van der Waals surface area contributed by atoms with Crippen LogP contribution in [0.3, 0.4) is 0 Å². The highest BCUT2D eigenvalue weighted by Gasteiger charge is 2.21. The normalized spacial score (nSPS) is 16.3. The van der Waals surface area contributed by atoms with Crippen LogP contribution in [0.25, 0.3) is 0 Å². The minimum Gasteiger partial charge on any atom is -0.399 e. The highest BCUT2D eigenvalue weighted by molar-refractivity contribution is 5.94. The molecule has 0 spiro atoms. The average Bonchev–Trinajstić information content (AvgIpc) is 2.39. The van der Waals surface area contributed by atoms with Crippen molar-refractivity contribution in [2.24, 2.45) is 5.92 Å². The molecule has 0 bridgehead atoms. The van der Waals surface area contributed by atoms with Crippen LogP contribution in [-0.2, 0) is 4.74 Å². The molecule has 1 aliphatic rings. The summed E-state index contributed by atoms with van der Waals surface area (Å²) < 4.78 is 19.0. The molecule has 0 aromatic heterocycles. The quantitative estimate of drug-likeness (QED) is 0.850. The number of halogens is 1. The highest BCUT2D eigenvalue weighted by atomic mass is 19.1. The van der Waals surface area contributed by atoms with E-state index in [1.54, 1.807) is 18.0 Å². The number of carbonyl (C=O) groups excluding carboxylic acids is 1. The van der Waals surface area contributed by atoms with Gasteiger partial charge in [-0.15, -0.1) is 0 Å². The van der Waals surface area contributed by atoms with Crippen molar-refractivity contribution in [2.45, 2.75) is 12.8 Å². The molecule has 104 valence electrons. The lowest BCUT2D eigenvalue weighted by Gasteiger charge is -2.27. The Morgan fingerprint density at radius 1 is 1.47 bits per heavy atom. The molecule has 19 heavy (non-hydrogen) atoms. The Balaban J connectivity index is 2.01. The lowest BCUT2D eigenvalue weighted by atomic mass is 9.99. The number of amides is 1. The lowest BCUT2D eigenvalue weighted by Crippen LogP contribution is -2.34. The summed E-state index contributed by atoms with van der Waals surface area (Å²) in [5.41, 5.74) is 5.87. The monoisotopic (exact) mass is 266 g/mol. The molecule has 1 heterocycles. The molecule has 1 aromatic rings. The van der Waals surface area contributed by atoms with Crippen molar-refractivity contribution in [1.29, 1.82) is 0 Å². The van der Waals surface area contributed by atoms with Crippen LogP contribution in [0.4, 0.5) is 10.1 Å². The Labute approximate surface area is 112 Å². The number of hydrogen-bond donors (Lipinski definition) is 1. The van der Waals surface area contributed by atoms with Gasteiger partial charge in [0.25, 0.3) is 5.91 Å². The molecule has 0 aliphatic carbocycles. The number of benzene rings is 1. The molecule has 0 unspecified atom stereocenters. The minimum atomic E-state index is -0.566. The maximum Gasteiger partial charge on any atom is 0.256 e. The van der Waals surface area contributed by atoms with Gasteiger partial charge in [0.15, 0.2) is 0 Å². The fourth-order valence-corrected chi connectivity index (χ4v) is 2.31. The van der Waals surface area contributed by atoms with Crippen LogP contribution in [0.2, 0.25) is 0 Å². The first-order chi connectivity index (χ1) is 9.08. The Kier molecular flexibility index (Phi) is 4.37. The summed E-state index contributed by atoms with van der Waals surface area (Å²) in [6, 6.07) is 4.15. The van der Waals surface area contributed by atoms with Crippen molar-refractivity contribution in [3.63, 3.8) is 0 Å². The predicted molar refractivity (Wildman–Crippen MR) is 71.3 cm³/mol. The van der Waals surface area contributed by atoms with E-state index in [1.807, 2.05) is 0 Å². The SMILES string of the molecule is CN(CC1CCOCC1)C(=O)c1ccc(N)cc1F. The molecule has 1 amide bonds. The zero-order valence-electron chi connectivity index (χ0n) is 11.1. The van der Waals surface area contributed by atoms with E-state index in [2.05, 4.69) is 0 Å². The molecular formula is C14H19FN2O2. The fraction of sp³-hybridized carbons (Fsp3) is 0.500. The third-order valence-corrected chi connectivity index (χ3v) is 3.44. The average molecular weight is 266 g/mol. The Morgan fingerprint density at radius 2 is 2.16 bits per heavy atom. The maximum absolute atomic E-state index is 13.7. The molecule has 1 fully saturated rings. The van der Waals surface area contributed by atoms with Gasteiger partial charge in [-0.25, -0.2) is 4.39 Å². The van der Waals surface area contributed by atoms with Crippen molar-refractivity contribution in [3.05, 3.63) is 29.6 Å². The number of anilines is 1. The number of rotatable bonds is 3. The van der Waals surface area contributed by atoms with Gasteiger partial charge in [-0.2, -0.15) is 0 Å². The third-order valence-electron chi connectivity index (χ3n) is 3.44. The van der Waals surface area contributed by atoms with Crippen molar-refractivity contribution in [2.75, 3.05) is 32.5 Å². The highest BCUT2D eigenvalue weighted by Crippen LogP contribution is 2.18. The van der Waals surface area contributed by atoms with Crippen LogP contribution in [0.15, 0.2) is 18.2 Å². The summed E-state index contributed by atoms with van der Waals surface area (Å²) in [5.74, 6) is -0.438. The van der Waals surface area contributed by atoms with Gasteiger partial charge in [-0.3, -0.25) is 4.79 Å². The molecule has 1 aromatic carbocycles. The predicted octanol–water partition coefficient (Wildman–Crippen LogP) is 1.91. The van der Waals surface area contributed by atoms with E-state index < -0.39 is 5.82 Å². The van der Waals surface area contributed by atoms with E-state index in [9.17, 15) is 9.18 Å². The zero-order chi connectivity index (χ0) is 13.8. The van der Waals surface area contributed by atoms with Crippen molar-refractivity contribution in [3.8, 4) is 0 Å². The summed E-state index contributed by atoms with van der Waals surface area (Å²) in [6.07, 6.45) is 1.89. The first kappa shape index (κ1) is 13.8. The van der Waals surface area contributed by atoms with Gasteiger partial charge in [-0.05, 0) is 37.0 Å². The van der Waals surface area contributed by atoms with Gasteiger partial charge >= 0.3 is 0 Å². The van der Waals surface area contributed by atoms with Crippen molar-refractivity contribution < 1.29 is 13.9 Å². The van der Waals surface area contributed by atoms with Crippen LogP contribution in [-0.4, -0.2) is 37.6 Å². The van der Waals surface area contributed by atoms with Gasteiger partial charge in [-0.1, -0.05) is 0 Å². The third kappa shape index (κ3) is 3.44.